The molecule has 0 amide bonds. The minimum absolute atomic E-state index is 0.105. The minimum atomic E-state index is -0.355. The first-order chi connectivity index (χ1) is 7.39. The number of aliphatic hydroxyl groups is 1. The smallest absolute Gasteiger partial charge is 0.0652 e. The van der Waals surface area contributed by atoms with Crippen LogP contribution in [0.15, 0.2) is 18.2 Å². The predicted molar refractivity (Wildman–Crippen MR) is 68.6 cm³/mol. The Labute approximate surface area is 98.7 Å². The van der Waals surface area contributed by atoms with Crippen molar-refractivity contribution in [1.29, 1.82) is 0 Å². The van der Waals surface area contributed by atoms with Gasteiger partial charge in [0.2, 0.25) is 0 Å². The van der Waals surface area contributed by atoms with E-state index in [-0.39, 0.29) is 12.1 Å². The molecule has 16 heavy (non-hydrogen) atoms. The zero-order valence-corrected chi connectivity index (χ0v) is 11.0. The highest BCUT2D eigenvalue weighted by molar-refractivity contribution is 5.34. The van der Waals surface area contributed by atoms with E-state index in [1.165, 1.54) is 11.1 Å². The van der Waals surface area contributed by atoms with E-state index in [1.54, 1.807) is 0 Å². The Morgan fingerprint density at radius 2 is 1.88 bits per heavy atom. The third-order valence-corrected chi connectivity index (χ3v) is 3.07. The van der Waals surface area contributed by atoms with Crippen molar-refractivity contribution in [3.05, 3.63) is 34.9 Å². The Morgan fingerprint density at radius 1 is 1.25 bits per heavy atom. The molecule has 0 bridgehead atoms. The van der Waals surface area contributed by atoms with Gasteiger partial charge in [-0.15, -0.1) is 0 Å². The van der Waals surface area contributed by atoms with Gasteiger partial charge < -0.3 is 10.4 Å². The van der Waals surface area contributed by atoms with Crippen LogP contribution in [-0.2, 0) is 5.54 Å². The maximum atomic E-state index is 9.59. The van der Waals surface area contributed by atoms with Gasteiger partial charge in [-0.05, 0) is 51.3 Å². The highest BCUT2D eigenvalue weighted by atomic mass is 16.3. The first-order valence-electron chi connectivity index (χ1n) is 5.85. The SMILES string of the molecule is Cc1ccc(C(C)(CO)NC(C)C)cc1C. The molecule has 1 aromatic rings. The summed E-state index contributed by atoms with van der Waals surface area (Å²) in [4.78, 5) is 0. The van der Waals surface area contributed by atoms with Crippen molar-refractivity contribution in [1.82, 2.24) is 5.32 Å². The highest BCUT2D eigenvalue weighted by Gasteiger charge is 2.26. The summed E-state index contributed by atoms with van der Waals surface area (Å²) in [6.07, 6.45) is 0. The van der Waals surface area contributed by atoms with Crippen molar-refractivity contribution in [2.75, 3.05) is 6.61 Å². The molecule has 0 heterocycles. The second-order valence-corrected chi connectivity index (χ2v) is 5.09. The van der Waals surface area contributed by atoms with Gasteiger partial charge in [-0.2, -0.15) is 0 Å². The summed E-state index contributed by atoms with van der Waals surface area (Å²) >= 11 is 0. The van der Waals surface area contributed by atoms with Crippen LogP contribution in [0.2, 0.25) is 0 Å². The van der Waals surface area contributed by atoms with Crippen LogP contribution in [0.3, 0.4) is 0 Å². The summed E-state index contributed by atoms with van der Waals surface area (Å²) in [7, 11) is 0. The van der Waals surface area contributed by atoms with Crippen molar-refractivity contribution in [2.24, 2.45) is 0 Å². The van der Waals surface area contributed by atoms with Gasteiger partial charge in [-0.3, -0.25) is 0 Å². The van der Waals surface area contributed by atoms with Gasteiger partial charge in [-0.25, -0.2) is 0 Å². The van der Waals surface area contributed by atoms with Crippen molar-refractivity contribution in [3.63, 3.8) is 0 Å². The van der Waals surface area contributed by atoms with Gasteiger partial charge in [0.1, 0.15) is 0 Å². The molecule has 1 atom stereocenters. The lowest BCUT2D eigenvalue weighted by molar-refractivity contribution is 0.166. The Morgan fingerprint density at radius 3 is 2.31 bits per heavy atom. The minimum Gasteiger partial charge on any atom is -0.394 e. The number of hydrogen-bond donors (Lipinski definition) is 2. The molecule has 0 aromatic heterocycles. The van der Waals surface area contributed by atoms with Crippen molar-refractivity contribution in [2.45, 2.75) is 46.2 Å². The average molecular weight is 221 g/mol. The molecule has 0 aliphatic carbocycles. The van der Waals surface area contributed by atoms with Crippen LogP contribution in [0.5, 0.6) is 0 Å². The first kappa shape index (κ1) is 13.2. The molecule has 0 aliphatic rings. The molecular formula is C14H23NO. The largest absolute Gasteiger partial charge is 0.394 e. The Kier molecular flexibility index (Phi) is 4.11. The number of benzene rings is 1. The third-order valence-electron chi connectivity index (χ3n) is 3.07. The molecule has 1 unspecified atom stereocenters. The predicted octanol–water partition coefficient (Wildman–Crippen LogP) is 2.51. The van der Waals surface area contributed by atoms with Gasteiger partial charge in [0.15, 0.2) is 0 Å². The Hall–Kier alpha value is -0.860. The summed E-state index contributed by atoms with van der Waals surface area (Å²) in [5.74, 6) is 0. The molecule has 0 radical (unpaired) electrons. The van der Waals surface area contributed by atoms with E-state index in [2.05, 4.69) is 51.2 Å². The fourth-order valence-electron chi connectivity index (χ4n) is 1.94. The maximum absolute atomic E-state index is 9.59. The van der Waals surface area contributed by atoms with E-state index in [9.17, 15) is 5.11 Å². The topological polar surface area (TPSA) is 32.3 Å². The number of rotatable bonds is 4. The Balaban J connectivity index is 3.07. The molecule has 0 saturated carbocycles. The summed E-state index contributed by atoms with van der Waals surface area (Å²) in [5, 5.41) is 13.0. The molecule has 0 spiro atoms. The summed E-state index contributed by atoms with van der Waals surface area (Å²) < 4.78 is 0. The molecule has 2 nitrogen and oxygen atoms in total. The summed E-state index contributed by atoms with van der Waals surface area (Å²) in [5.41, 5.74) is 3.34. The maximum Gasteiger partial charge on any atom is 0.0652 e. The molecule has 0 saturated heterocycles. The molecule has 2 N–H and O–H groups in total. The molecule has 1 aromatic carbocycles. The van der Waals surface area contributed by atoms with Crippen molar-refractivity contribution >= 4 is 0 Å². The van der Waals surface area contributed by atoms with E-state index in [4.69, 9.17) is 0 Å². The van der Waals surface area contributed by atoms with Crippen LogP contribution in [0.1, 0.15) is 37.5 Å². The quantitative estimate of drug-likeness (QED) is 0.819. The Bertz CT molecular complexity index is 360. The molecule has 1 rings (SSSR count). The monoisotopic (exact) mass is 221 g/mol. The van der Waals surface area contributed by atoms with Crippen LogP contribution in [0.25, 0.3) is 0 Å². The highest BCUT2D eigenvalue weighted by Crippen LogP contribution is 2.23. The van der Waals surface area contributed by atoms with Gasteiger partial charge >= 0.3 is 0 Å². The molecule has 0 fully saturated rings. The van der Waals surface area contributed by atoms with E-state index in [0.717, 1.165) is 5.56 Å². The standard InChI is InChI=1S/C14H23NO/c1-10(2)15-14(5,9-16)13-7-6-11(3)12(4)8-13/h6-8,10,15-16H,9H2,1-5H3. The van der Waals surface area contributed by atoms with Crippen LogP contribution in [0.4, 0.5) is 0 Å². The van der Waals surface area contributed by atoms with E-state index in [1.807, 2.05) is 6.92 Å². The van der Waals surface area contributed by atoms with Crippen LogP contribution < -0.4 is 5.32 Å². The van der Waals surface area contributed by atoms with Crippen LogP contribution in [-0.4, -0.2) is 17.8 Å². The first-order valence-corrected chi connectivity index (χ1v) is 5.85. The number of hydrogen-bond acceptors (Lipinski definition) is 2. The number of aryl methyl sites for hydroxylation is 2. The normalized spacial score (nSPS) is 15.2. The molecular weight excluding hydrogens is 198 g/mol. The molecule has 0 aliphatic heterocycles. The fraction of sp³-hybridized carbons (Fsp3) is 0.571. The third kappa shape index (κ3) is 2.83. The summed E-state index contributed by atoms with van der Waals surface area (Å²) in [6, 6.07) is 6.70. The summed E-state index contributed by atoms with van der Waals surface area (Å²) in [6.45, 7) is 10.5. The lowest BCUT2D eigenvalue weighted by Crippen LogP contribution is -2.46. The lowest BCUT2D eigenvalue weighted by atomic mass is 9.90. The van der Waals surface area contributed by atoms with Crippen molar-refractivity contribution in [3.8, 4) is 0 Å². The second kappa shape index (κ2) is 4.98. The molecule has 90 valence electrons. The van der Waals surface area contributed by atoms with Gasteiger partial charge in [0, 0.05) is 6.04 Å². The fourth-order valence-corrected chi connectivity index (χ4v) is 1.94. The van der Waals surface area contributed by atoms with Crippen LogP contribution in [0, 0.1) is 13.8 Å². The second-order valence-electron chi connectivity index (χ2n) is 5.09. The molecule has 2 heteroatoms. The van der Waals surface area contributed by atoms with Gasteiger partial charge in [-0.1, -0.05) is 18.2 Å². The lowest BCUT2D eigenvalue weighted by Gasteiger charge is -2.32. The van der Waals surface area contributed by atoms with Crippen LogP contribution >= 0.6 is 0 Å². The van der Waals surface area contributed by atoms with Gasteiger partial charge in [0.05, 0.1) is 12.1 Å². The van der Waals surface area contributed by atoms with E-state index in [0.29, 0.717) is 6.04 Å². The van der Waals surface area contributed by atoms with E-state index < -0.39 is 0 Å². The zero-order chi connectivity index (χ0) is 12.3. The average Bonchev–Trinajstić information content (AvgIpc) is 2.21. The number of nitrogens with one attached hydrogen (secondary N) is 1. The van der Waals surface area contributed by atoms with Gasteiger partial charge in [0.25, 0.3) is 0 Å². The van der Waals surface area contributed by atoms with Crippen molar-refractivity contribution < 1.29 is 5.11 Å². The zero-order valence-electron chi connectivity index (χ0n) is 11.0. The van der Waals surface area contributed by atoms with E-state index >= 15 is 0 Å². The number of aliphatic hydroxyl groups excluding tert-OH is 1.